The summed E-state index contributed by atoms with van der Waals surface area (Å²) in [5.41, 5.74) is 0.564. The van der Waals surface area contributed by atoms with Crippen molar-refractivity contribution in [3.8, 4) is 0 Å². The highest BCUT2D eigenvalue weighted by molar-refractivity contribution is 5.96. The number of nitrogens with zero attached hydrogens (tertiary/aromatic N) is 2. The third-order valence-corrected chi connectivity index (χ3v) is 3.05. The minimum Gasteiger partial charge on any atom is -0.393 e. The van der Waals surface area contributed by atoms with Gasteiger partial charge in [0.05, 0.1) is 12.6 Å². The highest BCUT2D eigenvalue weighted by Crippen LogP contribution is 2.03. The smallest absolute Gasteiger partial charge is 0.254 e. The molecule has 0 saturated carbocycles. The van der Waals surface area contributed by atoms with Gasteiger partial charge in [-0.05, 0) is 25.5 Å². The molecule has 1 rings (SSSR count). The third kappa shape index (κ3) is 5.01. The molecule has 0 heterocycles. The van der Waals surface area contributed by atoms with Gasteiger partial charge in [-0.1, -0.05) is 18.2 Å². The van der Waals surface area contributed by atoms with Crippen LogP contribution in [0.2, 0.25) is 0 Å². The number of benzene rings is 1. The summed E-state index contributed by atoms with van der Waals surface area (Å²) in [6.07, 6.45) is 0.0902. The van der Waals surface area contributed by atoms with Crippen LogP contribution in [-0.2, 0) is 4.79 Å². The van der Waals surface area contributed by atoms with Crippen LogP contribution in [0.5, 0.6) is 0 Å². The van der Waals surface area contributed by atoms with E-state index in [1.165, 1.54) is 9.80 Å². The summed E-state index contributed by atoms with van der Waals surface area (Å²) in [6.45, 7) is 2.19. The molecule has 0 fully saturated rings. The van der Waals surface area contributed by atoms with Crippen molar-refractivity contribution < 1.29 is 14.7 Å². The highest BCUT2D eigenvalue weighted by atomic mass is 16.3. The molecule has 5 heteroatoms. The van der Waals surface area contributed by atoms with E-state index in [4.69, 9.17) is 0 Å². The van der Waals surface area contributed by atoms with Crippen molar-refractivity contribution >= 4 is 11.8 Å². The minimum atomic E-state index is -0.436. The predicted molar refractivity (Wildman–Crippen MR) is 77.3 cm³/mol. The van der Waals surface area contributed by atoms with Crippen molar-refractivity contribution in [2.24, 2.45) is 0 Å². The number of carbonyl (C=O) groups is 2. The first-order valence-corrected chi connectivity index (χ1v) is 6.64. The number of rotatable bonds is 6. The molecule has 0 bridgehead atoms. The van der Waals surface area contributed by atoms with Gasteiger partial charge in [-0.3, -0.25) is 9.59 Å². The van der Waals surface area contributed by atoms with Crippen LogP contribution in [0.1, 0.15) is 23.7 Å². The Balaban J connectivity index is 2.51. The van der Waals surface area contributed by atoms with E-state index in [0.29, 0.717) is 18.5 Å². The monoisotopic (exact) mass is 278 g/mol. The first-order chi connectivity index (χ1) is 9.41. The molecule has 1 N–H and O–H groups in total. The van der Waals surface area contributed by atoms with Crippen molar-refractivity contribution in [1.29, 1.82) is 0 Å². The standard InChI is InChI=1S/C15H22N2O3/c1-12(18)9-10-16(2)14(19)11-17(3)15(20)13-7-5-4-6-8-13/h4-8,12,18H,9-11H2,1-3H3. The Labute approximate surface area is 119 Å². The number of aliphatic hydroxyl groups is 1. The van der Waals surface area contributed by atoms with E-state index in [-0.39, 0.29) is 18.4 Å². The number of aliphatic hydroxyl groups excluding tert-OH is 1. The van der Waals surface area contributed by atoms with E-state index in [9.17, 15) is 14.7 Å². The number of likely N-dealkylation sites (N-methyl/N-ethyl adjacent to an activating group) is 2. The first-order valence-electron chi connectivity index (χ1n) is 6.64. The van der Waals surface area contributed by atoms with Gasteiger partial charge in [0, 0.05) is 26.2 Å². The second-order valence-corrected chi connectivity index (χ2v) is 4.98. The number of amides is 2. The number of hydrogen-bond donors (Lipinski definition) is 1. The second kappa shape index (κ2) is 7.65. The molecule has 1 atom stereocenters. The first kappa shape index (κ1) is 16.2. The molecule has 110 valence electrons. The molecule has 2 amide bonds. The molecule has 0 saturated heterocycles. The zero-order chi connectivity index (χ0) is 15.1. The van der Waals surface area contributed by atoms with Crippen molar-refractivity contribution in [2.75, 3.05) is 27.2 Å². The maximum absolute atomic E-state index is 12.1. The molecular formula is C15H22N2O3. The zero-order valence-electron chi connectivity index (χ0n) is 12.2. The Morgan fingerprint density at radius 2 is 1.75 bits per heavy atom. The molecule has 1 aromatic carbocycles. The Kier molecular flexibility index (Phi) is 6.18. The van der Waals surface area contributed by atoms with Gasteiger partial charge in [0.1, 0.15) is 0 Å². The lowest BCUT2D eigenvalue weighted by Gasteiger charge is -2.22. The molecular weight excluding hydrogens is 256 g/mol. The molecule has 5 nitrogen and oxygen atoms in total. The van der Waals surface area contributed by atoms with E-state index in [2.05, 4.69) is 0 Å². The van der Waals surface area contributed by atoms with Crippen LogP contribution in [0.25, 0.3) is 0 Å². The molecule has 0 aliphatic heterocycles. The van der Waals surface area contributed by atoms with Gasteiger partial charge in [-0.25, -0.2) is 0 Å². The van der Waals surface area contributed by atoms with Crippen LogP contribution < -0.4 is 0 Å². The maximum atomic E-state index is 12.1. The van der Waals surface area contributed by atoms with E-state index < -0.39 is 6.10 Å². The van der Waals surface area contributed by atoms with Gasteiger partial charge in [-0.15, -0.1) is 0 Å². The average Bonchev–Trinajstić information content (AvgIpc) is 2.44. The van der Waals surface area contributed by atoms with E-state index in [1.54, 1.807) is 45.3 Å². The van der Waals surface area contributed by atoms with Gasteiger partial charge < -0.3 is 14.9 Å². The predicted octanol–water partition coefficient (Wildman–Crippen LogP) is 0.988. The Morgan fingerprint density at radius 1 is 1.15 bits per heavy atom. The molecule has 0 spiro atoms. The van der Waals surface area contributed by atoms with Gasteiger partial charge in [0.25, 0.3) is 5.91 Å². The lowest BCUT2D eigenvalue weighted by atomic mass is 10.2. The summed E-state index contributed by atoms with van der Waals surface area (Å²) < 4.78 is 0. The third-order valence-electron chi connectivity index (χ3n) is 3.05. The average molecular weight is 278 g/mol. The molecule has 0 radical (unpaired) electrons. The summed E-state index contributed by atoms with van der Waals surface area (Å²) in [5.74, 6) is -0.319. The SMILES string of the molecule is CC(O)CCN(C)C(=O)CN(C)C(=O)c1ccccc1. The van der Waals surface area contributed by atoms with Crippen molar-refractivity contribution in [1.82, 2.24) is 9.80 Å². The van der Waals surface area contributed by atoms with Crippen LogP contribution in [0.4, 0.5) is 0 Å². The normalized spacial score (nSPS) is 11.8. The van der Waals surface area contributed by atoms with Crippen LogP contribution >= 0.6 is 0 Å². The molecule has 1 unspecified atom stereocenters. The fourth-order valence-corrected chi connectivity index (χ4v) is 1.70. The van der Waals surface area contributed by atoms with Gasteiger partial charge in [0.15, 0.2) is 0 Å². The maximum Gasteiger partial charge on any atom is 0.254 e. The number of carbonyl (C=O) groups excluding carboxylic acids is 2. The quantitative estimate of drug-likeness (QED) is 0.844. The number of hydrogen-bond acceptors (Lipinski definition) is 3. The van der Waals surface area contributed by atoms with Gasteiger partial charge in [0.2, 0.25) is 5.91 Å². The largest absolute Gasteiger partial charge is 0.393 e. The van der Waals surface area contributed by atoms with Crippen LogP contribution in [0.15, 0.2) is 30.3 Å². The van der Waals surface area contributed by atoms with Gasteiger partial charge >= 0.3 is 0 Å². The summed E-state index contributed by atoms with van der Waals surface area (Å²) in [6, 6.07) is 8.86. The van der Waals surface area contributed by atoms with Gasteiger partial charge in [-0.2, -0.15) is 0 Å². The minimum absolute atomic E-state index is 0.0318. The summed E-state index contributed by atoms with van der Waals surface area (Å²) >= 11 is 0. The summed E-state index contributed by atoms with van der Waals surface area (Å²) in [5, 5.41) is 9.20. The molecule has 1 aromatic rings. The fraction of sp³-hybridized carbons (Fsp3) is 0.467. The topological polar surface area (TPSA) is 60.9 Å². The van der Waals surface area contributed by atoms with E-state index in [1.807, 2.05) is 6.07 Å². The molecule has 0 aromatic heterocycles. The van der Waals surface area contributed by atoms with Crippen molar-refractivity contribution in [2.45, 2.75) is 19.4 Å². The second-order valence-electron chi connectivity index (χ2n) is 4.98. The summed E-state index contributed by atoms with van der Waals surface area (Å²) in [4.78, 5) is 27.0. The Bertz CT molecular complexity index is 446. The molecule has 0 aliphatic carbocycles. The lowest BCUT2D eigenvalue weighted by molar-refractivity contribution is -0.130. The fourth-order valence-electron chi connectivity index (χ4n) is 1.70. The van der Waals surface area contributed by atoms with Crippen LogP contribution in [0, 0.1) is 0 Å². The zero-order valence-corrected chi connectivity index (χ0v) is 12.2. The molecule has 0 aliphatic rings. The lowest BCUT2D eigenvalue weighted by Crippen LogP contribution is -2.40. The Hall–Kier alpha value is -1.88. The van der Waals surface area contributed by atoms with Crippen LogP contribution in [0.3, 0.4) is 0 Å². The highest BCUT2D eigenvalue weighted by Gasteiger charge is 2.17. The van der Waals surface area contributed by atoms with Crippen LogP contribution in [-0.4, -0.2) is 60.0 Å². The van der Waals surface area contributed by atoms with Crippen molar-refractivity contribution in [3.05, 3.63) is 35.9 Å². The van der Waals surface area contributed by atoms with E-state index in [0.717, 1.165) is 0 Å². The van der Waals surface area contributed by atoms with E-state index >= 15 is 0 Å². The Morgan fingerprint density at radius 3 is 2.30 bits per heavy atom. The van der Waals surface area contributed by atoms with Crippen molar-refractivity contribution in [3.63, 3.8) is 0 Å². The molecule has 20 heavy (non-hydrogen) atoms. The summed E-state index contributed by atoms with van der Waals surface area (Å²) in [7, 11) is 3.28.